The Bertz CT molecular complexity index is 2760. The molecule has 2 heteroatoms. The standard InChI is InChI=1S/C47H33NS/c1-47(2)41-20-9-7-17-36(41)37-25-23-33(29-42(37)47)48(32-24-27-45-40(28-32)38-18-8-10-21-44(38)49-45)43-26-22-31-13-4-6-16-35(31)46(43)39-19-11-14-30-12-3-5-15-34(30)39/h3-29H,1-2H3. The summed E-state index contributed by atoms with van der Waals surface area (Å²) in [6, 6.07) is 60.8. The van der Waals surface area contributed by atoms with E-state index >= 15 is 0 Å². The van der Waals surface area contributed by atoms with E-state index in [0.29, 0.717) is 0 Å². The van der Waals surface area contributed by atoms with Crippen LogP contribution in [0.5, 0.6) is 0 Å². The lowest BCUT2D eigenvalue weighted by molar-refractivity contribution is 0.660. The Morgan fingerprint density at radius 1 is 0.429 bits per heavy atom. The van der Waals surface area contributed by atoms with Crippen LogP contribution in [0.3, 0.4) is 0 Å². The first kappa shape index (κ1) is 28.3. The molecule has 9 aromatic rings. The number of hydrogen-bond acceptors (Lipinski definition) is 2. The van der Waals surface area contributed by atoms with Crippen LogP contribution >= 0.6 is 11.3 Å². The minimum absolute atomic E-state index is 0.108. The summed E-state index contributed by atoms with van der Waals surface area (Å²) in [4.78, 5) is 2.51. The number of rotatable bonds is 4. The third kappa shape index (κ3) is 4.24. The van der Waals surface area contributed by atoms with Gasteiger partial charge in [-0.15, -0.1) is 11.3 Å². The third-order valence-electron chi connectivity index (χ3n) is 10.7. The van der Waals surface area contributed by atoms with Crippen molar-refractivity contribution in [1.29, 1.82) is 0 Å². The van der Waals surface area contributed by atoms with Crippen LogP contribution in [0.15, 0.2) is 164 Å². The van der Waals surface area contributed by atoms with Crippen molar-refractivity contribution in [3.8, 4) is 22.3 Å². The molecule has 0 saturated carbocycles. The molecule has 0 radical (unpaired) electrons. The van der Waals surface area contributed by atoms with Crippen LogP contribution in [-0.2, 0) is 5.41 Å². The van der Waals surface area contributed by atoms with Crippen molar-refractivity contribution in [2.45, 2.75) is 19.3 Å². The van der Waals surface area contributed by atoms with E-state index in [2.05, 4.69) is 183 Å². The van der Waals surface area contributed by atoms with Gasteiger partial charge >= 0.3 is 0 Å². The second kappa shape index (κ2) is 10.7. The van der Waals surface area contributed by atoms with Gasteiger partial charge in [0.25, 0.3) is 0 Å². The van der Waals surface area contributed by atoms with Crippen molar-refractivity contribution >= 4 is 70.1 Å². The first-order valence-electron chi connectivity index (χ1n) is 17.0. The molecule has 0 atom stereocenters. The Morgan fingerprint density at radius 2 is 1.04 bits per heavy atom. The van der Waals surface area contributed by atoms with Crippen LogP contribution in [-0.4, -0.2) is 0 Å². The molecule has 0 unspecified atom stereocenters. The molecule has 0 N–H and O–H groups in total. The van der Waals surface area contributed by atoms with E-state index in [1.54, 1.807) is 0 Å². The lowest BCUT2D eigenvalue weighted by Gasteiger charge is -2.30. The Kier molecular flexibility index (Phi) is 6.16. The summed E-state index contributed by atoms with van der Waals surface area (Å²) in [6.07, 6.45) is 0. The molecule has 1 nitrogen and oxygen atoms in total. The van der Waals surface area contributed by atoms with Gasteiger partial charge in [0.05, 0.1) is 5.69 Å². The first-order chi connectivity index (χ1) is 24.1. The minimum Gasteiger partial charge on any atom is -0.310 e. The molecular formula is C47H33NS. The van der Waals surface area contributed by atoms with Gasteiger partial charge in [-0.05, 0) is 91.8 Å². The Morgan fingerprint density at radius 3 is 1.92 bits per heavy atom. The van der Waals surface area contributed by atoms with E-state index < -0.39 is 0 Å². The number of benzene rings is 8. The van der Waals surface area contributed by atoms with Gasteiger partial charge in [0.2, 0.25) is 0 Å². The Hall–Kier alpha value is -5.70. The summed E-state index contributed by atoms with van der Waals surface area (Å²) in [5, 5.41) is 7.59. The van der Waals surface area contributed by atoms with E-state index in [-0.39, 0.29) is 5.41 Å². The third-order valence-corrected chi connectivity index (χ3v) is 11.8. The zero-order valence-corrected chi connectivity index (χ0v) is 28.3. The smallest absolute Gasteiger partial charge is 0.0546 e. The summed E-state index contributed by atoms with van der Waals surface area (Å²) in [5.41, 5.74) is 11.3. The predicted molar refractivity (Wildman–Crippen MR) is 212 cm³/mol. The molecule has 232 valence electrons. The number of anilines is 3. The van der Waals surface area contributed by atoms with E-state index in [1.165, 1.54) is 80.8 Å². The molecule has 0 aliphatic heterocycles. The van der Waals surface area contributed by atoms with Gasteiger partial charge in [0.15, 0.2) is 0 Å². The van der Waals surface area contributed by atoms with Gasteiger partial charge in [-0.2, -0.15) is 0 Å². The topological polar surface area (TPSA) is 3.24 Å². The van der Waals surface area contributed by atoms with Gasteiger partial charge < -0.3 is 4.90 Å². The molecule has 1 aliphatic carbocycles. The van der Waals surface area contributed by atoms with E-state index in [4.69, 9.17) is 0 Å². The second-order valence-corrected chi connectivity index (χ2v) is 14.8. The fraction of sp³-hybridized carbons (Fsp3) is 0.0638. The van der Waals surface area contributed by atoms with Crippen molar-refractivity contribution in [3.63, 3.8) is 0 Å². The maximum atomic E-state index is 2.51. The maximum absolute atomic E-state index is 2.51. The molecule has 10 rings (SSSR count). The zero-order chi connectivity index (χ0) is 32.7. The molecular weight excluding hydrogens is 611 g/mol. The molecule has 0 amide bonds. The maximum Gasteiger partial charge on any atom is 0.0546 e. The van der Waals surface area contributed by atoms with Crippen LogP contribution in [0.25, 0.3) is 64.0 Å². The molecule has 0 fully saturated rings. The Balaban J connectivity index is 1.30. The average Bonchev–Trinajstić information content (AvgIpc) is 3.63. The highest BCUT2D eigenvalue weighted by molar-refractivity contribution is 7.25. The van der Waals surface area contributed by atoms with Crippen LogP contribution in [0.1, 0.15) is 25.0 Å². The molecule has 1 aromatic heterocycles. The van der Waals surface area contributed by atoms with Gasteiger partial charge in [-0.3, -0.25) is 0 Å². The van der Waals surface area contributed by atoms with Crippen LogP contribution in [0.4, 0.5) is 17.1 Å². The van der Waals surface area contributed by atoms with Crippen LogP contribution in [0, 0.1) is 0 Å². The number of fused-ring (bicyclic) bond motifs is 8. The highest BCUT2D eigenvalue weighted by atomic mass is 32.1. The molecule has 49 heavy (non-hydrogen) atoms. The number of nitrogens with zero attached hydrogens (tertiary/aromatic N) is 1. The second-order valence-electron chi connectivity index (χ2n) is 13.7. The molecule has 8 aromatic carbocycles. The summed E-state index contributed by atoms with van der Waals surface area (Å²) >= 11 is 1.87. The van der Waals surface area contributed by atoms with E-state index in [0.717, 1.165) is 11.4 Å². The lowest BCUT2D eigenvalue weighted by Crippen LogP contribution is -2.17. The molecule has 0 bridgehead atoms. The molecule has 0 saturated heterocycles. The van der Waals surface area contributed by atoms with E-state index in [9.17, 15) is 0 Å². The fourth-order valence-corrected chi connectivity index (χ4v) is 9.37. The minimum atomic E-state index is -0.108. The average molecular weight is 644 g/mol. The molecule has 0 spiro atoms. The zero-order valence-electron chi connectivity index (χ0n) is 27.4. The van der Waals surface area contributed by atoms with Crippen molar-refractivity contribution in [1.82, 2.24) is 0 Å². The summed E-state index contributed by atoms with van der Waals surface area (Å²) in [7, 11) is 0. The molecule has 1 aliphatic rings. The summed E-state index contributed by atoms with van der Waals surface area (Å²) < 4.78 is 2.63. The first-order valence-corrected chi connectivity index (χ1v) is 17.8. The summed E-state index contributed by atoms with van der Waals surface area (Å²) in [5.74, 6) is 0. The van der Waals surface area contributed by atoms with Gasteiger partial charge in [0, 0.05) is 42.5 Å². The number of thiophene rings is 1. The van der Waals surface area contributed by atoms with Crippen LogP contribution in [0.2, 0.25) is 0 Å². The van der Waals surface area contributed by atoms with Crippen molar-refractivity contribution in [2.75, 3.05) is 4.90 Å². The number of hydrogen-bond donors (Lipinski definition) is 0. The highest BCUT2D eigenvalue weighted by Gasteiger charge is 2.36. The van der Waals surface area contributed by atoms with Gasteiger partial charge in [-0.1, -0.05) is 135 Å². The quantitative estimate of drug-likeness (QED) is 0.184. The van der Waals surface area contributed by atoms with Crippen molar-refractivity contribution in [3.05, 3.63) is 175 Å². The SMILES string of the molecule is CC1(C)c2ccccc2-c2ccc(N(c3ccc4sc5ccccc5c4c3)c3ccc4ccccc4c3-c3cccc4ccccc34)cc21. The summed E-state index contributed by atoms with van der Waals surface area (Å²) in [6.45, 7) is 4.74. The Labute approximate surface area is 290 Å². The predicted octanol–water partition coefficient (Wildman–Crippen LogP) is 13.8. The largest absolute Gasteiger partial charge is 0.310 e. The highest BCUT2D eigenvalue weighted by Crippen LogP contribution is 2.52. The van der Waals surface area contributed by atoms with E-state index in [1.807, 2.05) is 11.3 Å². The monoisotopic (exact) mass is 643 g/mol. The molecule has 1 heterocycles. The van der Waals surface area contributed by atoms with Gasteiger partial charge in [0.1, 0.15) is 0 Å². The lowest BCUT2D eigenvalue weighted by atomic mass is 9.82. The normalized spacial score (nSPS) is 13.3. The van der Waals surface area contributed by atoms with Crippen LogP contribution < -0.4 is 4.90 Å². The fourth-order valence-electron chi connectivity index (χ4n) is 8.28. The van der Waals surface area contributed by atoms with Crippen molar-refractivity contribution in [2.24, 2.45) is 0 Å². The van der Waals surface area contributed by atoms with Gasteiger partial charge in [-0.25, -0.2) is 0 Å². The van der Waals surface area contributed by atoms with Crippen molar-refractivity contribution < 1.29 is 0 Å².